The number of amides is 1. The van der Waals surface area contributed by atoms with Gasteiger partial charge >= 0.3 is 0 Å². The summed E-state index contributed by atoms with van der Waals surface area (Å²) in [6.45, 7) is 0.236. The second kappa shape index (κ2) is 7.73. The molecule has 0 saturated carbocycles. The molecule has 0 aromatic heterocycles. The maximum atomic E-state index is 13.8. The van der Waals surface area contributed by atoms with E-state index >= 15 is 0 Å². The molecule has 1 saturated heterocycles. The number of hydrogen-bond acceptors (Lipinski definition) is 3. The van der Waals surface area contributed by atoms with E-state index < -0.39 is 27.8 Å². The van der Waals surface area contributed by atoms with Crippen LogP contribution in [-0.2, 0) is 14.8 Å². The van der Waals surface area contributed by atoms with Crippen LogP contribution in [0.15, 0.2) is 53.4 Å². The van der Waals surface area contributed by atoms with E-state index in [1.165, 1.54) is 46.8 Å². The third-order valence-electron chi connectivity index (χ3n) is 4.31. The number of nitrogens with zero attached hydrogens (tertiary/aromatic N) is 1. The largest absolute Gasteiger partial charge is 0.322 e. The van der Waals surface area contributed by atoms with Gasteiger partial charge in [0, 0.05) is 11.6 Å². The lowest BCUT2D eigenvalue weighted by atomic mass is 10.0. The second-order valence-electron chi connectivity index (χ2n) is 6.05. The van der Waals surface area contributed by atoms with Crippen molar-refractivity contribution in [2.45, 2.75) is 30.2 Å². The number of hydrogen-bond donors (Lipinski definition) is 1. The third-order valence-corrected chi connectivity index (χ3v) is 6.48. The average molecular weight is 397 g/mol. The Labute approximate surface area is 156 Å². The standard InChI is InChI=1S/C18H18ClFN2O3S/c19-13-8-10-14(11-9-13)26(24,25)22-12-4-3-7-17(22)18(23)21-16-6-2-1-5-15(16)20/h1-2,5-6,8-11,17H,3-4,7,12H2,(H,21,23)/t17-/m1/s1. The van der Waals surface area contributed by atoms with E-state index in [1.54, 1.807) is 6.07 Å². The van der Waals surface area contributed by atoms with Crippen molar-refractivity contribution in [1.29, 1.82) is 0 Å². The summed E-state index contributed by atoms with van der Waals surface area (Å²) in [4.78, 5) is 12.7. The first-order valence-corrected chi connectivity index (χ1v) is 10.0. The number of carbonyl (C=O) groups excluding carboxylic acids is 1. The Hall–Kier alpha value is -1.96. The number of carbonyl (C=O) groups is 1. The molecule has 0 spiro atoms. The molecular weight excluding hydrogens is 379 g/mol. The fourth-order valence-corrected chi connectivity index (χ4v) is 4.76. The monoisotopic (exact) mass is 396 g/mol. The maximum absolute atomic E-state index is 13.8. The Bertz CT molecular complexity index is 903. The molecule has 2 aromatic carbocycles. The zero-order valence-corrected chi connectivity index (χ0v) is 15.4. The van der Waals surface area contributed by atoms with E-state index in [-0.39, 0.29) is 17.1 Å². The minimum absolute atomic E-state index is 0.0342. The molecule has 0 aliphatic carbocycles. The van der Waals surface area contributed by atoms with Gasteiger partial charge in [-0.1, -0.05) is 30.2 Å². The highest BCUT2D eigenvalue weighted by Gasteiger charge is 2.37. The highest BCUT2D eigenvalue weighted by molar-refractivity contribution is 7.89. The van der Waals surface area contributed by atoms with Crippen LogP contribution >= 0.6 is 11.6 Å². The highest BCUT2D eigenvalue weighted by Crippen LogP contribution is 2.27. The molecule has 0 unspecified atom stereocenters. The van der Waals surface area contributed by atoms with E-state index in [4.69, 9.17) is 11.6 Å². The molecule has 1 N–H and O–H groups in total. The van der Waals surface area contributed by atoms with Gasteiger partial charge in [0.2, 0.25) is 15.9 Å². The predicted molar refractivity (Wildman–Crippen MR) is 98.0 cm³/mol. The van der Waals surface area contributed by atoms with Gasteiger partial charge in [0.15, 0.2) is 0 Å². The van der Waals surface area contributed by atoms with Crippen molar-refractivity contribution in [2.75, 3.05) is 11.9 Å². The molecule has 1 fully saturated rings. The highest BCUT2D eigenvalue weighted by atomic mass is 35.5. The van der Waals surface area contributed by atoms with Crippen LogP contribution in [0.2, 0.25) is 5.02 Å². The first-order valence-electron chi connectivity index (χ1n) is 8.22. The van der Waals surface area contributed by atoms with Gasteiger partial charge in [-0.25, -0.2) is 12.8 Å². The number of halogens is 2. The van der Waals surface area contributed by atoms with E-state index in [0.29, 0.717) is 17.9 Å². The number of para-hydroxylation sites is 1. The number of piperidine rings is 1. The molecule has 1 aliphatic rings. The van der Waals surface area contributed by atoms with E-state index in [0.717, 1.165) is 6.42 Å². The van der Waals surface area contributed by atoms with Crippen molar-refractivity contribution in [1.82, 2.24) is 4.31 Å². The van der Waals surface area contributed by atoms with Crippen LogP contribution in [0.3, 0.4) is 0 Å². The quantitative estimate of drug-likeness (QED) is 0.857. The molecule has 0 radical (unpaired) electrons. The fraction of sp³-hybridized carbons (Fsp3) is 0.278. The molecule has 1 heterocycles. The summed E-state index contributed by atoms with van der Waals surface area (Å²) in [6.07, 6.45) is 1.77. The van der Waals surface area contributed by atoms with Crippen molar-refractivity contribution in [3.05, 3.63) is 59.4 Å². The second-order valence-corrected chi connectivity index (χ2v) is 8.38. The average Bonchev–Trinajstić information content (AvgIpc) is 2.64. The molecule has 0 bridgehead atoms. The first kappa shape index (κ1) is 18.8. The van der Waals surface area contributed by atoms with Gasteiger partial charge in [-0.15, -0.1) is 0 Å². The smallest absolute Gasteiger partial charge is 0.243 e. The Morgan fingerprint density at radius 1 is 1.12 bits per heavy atom. The molecule has 8 heteroatoms. The molecule has 3 rings (SSSR count). The lowest BCUT2D eigenvalue weighted by Crippen LogP contribution is -2.49. The number of anilines is 1. The van der Waals surface area contributed by atoms with Crippen LogP contribution in [0, 0.1) is 5.82 Å². The van der Waals surface area contributed by atoms with Crippen LogP contribution in [0.4, 0.5) is 10.1 Å². The van der Waals surface area contributed by atoms with E-state index in [2.05, 4.69) is 5.32 Å². The van der Waals surface area contributed by atoms with Gasteiger partial charge in [-0.3, -0.25) is 4.79 Å². The number of benzene rings is 2. The summed E-state index contributed by atoms with van der Waals surface area (Å²) in [5, 5.41) is 2.93. The molecule has 1 aliphatic heterocycles. The minimum Gasteiger partial charge on any atom is -0.322 e. The van der Waals surface area contributed by atoms with Crippen molar-refractivity contribution in [3.8, 4) is 0 Å². The van der Waals surface area contributed by atoms with Gasteiger partial charge in [0.25, 0.3) is 0 Å². The Morgan fingerprint density at radius 2 is 1.81 bits per heavy atom. The summed E-state index contributed by atoms with van der Waals surface area (Å²) in [6, 6.07) is 10.7. The summed E-state index contributed by atoms with van der Waals surface area (Å²) in [5.74, 6) is -1.10. The molecular formula is C18H18ClFN2O3S. The summed E-state index contributed by atoms with van der Waals surface area (Å²) in [7, 11) is -3.86. The number of rotatable bonds is 4. The fourth-order valence-electron chi connectivity index (χ4n) is 2.98. The molecule has 1 amide bonds. The van der Waals surface area contributed by atoms with Crippen LogP contribution in [-0.4, -0.2) is 31.2 Å². The molecule has 1 atom stereocenters. The molecule has 5 nitrogen and oxygen atoms in total. The Balaban J connectivity index is 1.86. The summed E-state index contributed by atoms with van der Waals surface area (Å²) < 4.78 is 40.9. The van der Waals surface area contributed by atoms with Gasteiger partial charge in [-0.2, -0.15) is 4.31 Å². The SMILES string of the molecule is O=C(Nc1ccccc1F)[C@H]1CCCCN1S(=O)(=O)c1ccc(Cl)cc1. The molecule has 2 aromatic rings. The maximum Gasteiger partial charge on any atom is 0.243 e. The van der Waals surface area contributed by atoms with Gasteiger partial charge in [-0.05, 0) is 49.2 Å². The zero-order chi connectivity index (χ0) is 18.7. The van der Waals surface area contributed by atoms with Gasteiger partial charge < -0.3 is 5.32 Å². The molecule has 26 heavy (non-hydrogen) atoms. The minimum atomic E-state index is -3.86. The van der Waals surface area contributed by atoms with E-state index in [9.17, 15) is 17.6 Å². The predicted octanol–water partition coefficient (Wildman–Crippen LogP) is 3.66. The van der Waals surface area contributed by atoms with Crippen molar-refractivity contribution in [3.63, 3.8) is 0 Å². The van der Waals surface area contributed by atoms with E-state index in [1.807, 2.05) is 0 Å². The summed E-state index contributed by atoms with van der Waals surface area (Å²) in [5.41, 5.74) is 0.0342. The van der Waals surface area contributed by atoms with Crippen LogP contribution < -0.4 is 5.32 Å². The van der Waals surface area contributed by atoms with Crippen molar-refractivity contribution in [2.24, 2.45) is 0 Å². The number of sulfonamides is 1. The zero-order valence-electron chi connectivity index (χ0n) is 13.9. The lowest BCUT2D eigenvalue weighted by Gasteiger charge is -2.33. The topological polar surface area (TPSA) is 66.5 Å². The van der Waals surface area contributed by atoms with Crippen LogP contribution in [0.25, 0.3) is 0 Å². The van der Waals surface area contributed by atoms with Gasteiger partial charge in [0.05, 0.1) is 10.6 Å². The lowest BCUT2D eigenvalue weighted by molar-refractivity contribution is -0.120. The van der Waals surface area contributed by atoms with Crippen molar-refractivity contribution >= 4 is 33.2 Å². The van der Waals surface area contributed by atoms with Crippen molar-refractivity contribution < 1.29 is 17.6 Å². The molecule has 138 valence electrons. The van der Waals surface area contributed by atoms with Crippen LogP contribution in [0.1, 0.15) is 19.3 Å². The van der Waals surface area contributed by atoms with Crippen LogP contribution in [0.5, 0.6) is 0 Å². The number of nitrogens with one attached hydrogen (secondary N) is 1. The Morgan fingerprint density at radius 3 is 2.50 bits per heavy atom. The van der Waals surface area contributed by atoms with Gasteiger partial charge in [0.1, 0.15) is 11.9 Å². The first-order chi connectivity index (χ1) is 12.4. The normalized spacial score (nSPS) is 18.5. The summed E-state index contributed by atoms with van der Waals surface area (Å²) >= 11 is 5.82. The Kier molecular flexibility index (Phi) is 5.60. The third kappa shape index (κ3) is 3.90.